The highest BCUT2D eigenvalue weighted by atomic mass is 32.2. The van der Waals surface area contributed by atoms with E-state index in [0.29, 0.717) is 17.7 Å². The van der Waals surface area contributed by atoms with Gasteiger partial charge < -0.3 is 20.3 Å². The molecule has 8 heteroatoms. The van der Waals surface area contributed by atoms with Crippen molar-refractivity contribution in [1.29, 1.82) is 0 Å². The summed E-state index contributed by atoms with van der Waals surface area (Å²) < 4.78 is 5.41. The molecule has 0 aliphatic rings. The number of thioether (sulfide) groups is 1. The summed E-state index contributed by atoms with van der Waals surface area (Å²) in [5.41, 5.74) is 0.323. The molecule has 0 fully saturated rings. The van der Waals surface area contributed by atoms with E-state index in [1.807, 2.05) is 65.1 Å². The first-order valence-corrected chi connectivity index (χ1v) is 13.3. The molecule has 1 rings (SSSR count). The minimum atomic E-state index is -0.890. The minimum absolute atomic E-state index is 0.290. The van der Waals surface area contributed by atoms with Crippen molar-refractivity contribution in [2.75, 3.05) is 12.0 Å². The summed E-state index contributed by atoms with van der Waals surface area (Å²) in [5, 5.41) is 5.77. The molecule has 2 N–H and O–H groups in total. The summed E-state index contributed by atoms with van der Waals surface area (Å²) in [6, 6.07) is 5.38. The van der Waals surface area contributed by atoms with Gasteiger partial charge in [-0.05, 0) is 91.0 Å². The lowest BCUT2D eigenvalue weighted by Gasteiger charge is -2.38. The molecule has 35 heavy (non-hydrogen) atoms. The highest BCUT2D eigenvalue weighted by Gasteiger charge is 2.38. The van der Waals surface area contributed by atoms with Crippen molar-refractivity contribution in [1.82, 2.24) is 15.5 Å². The van der Waals surface area contributed by atoms with Gasteiger partial charge in [0.25, 0.3) is 0 Å². The number of benzene rings is 1. The van der Waals surface area contributed by atoms with Crippen molar-refractivity contribution in [3.8, 4) is 0 Å². The smallest absolute Gasteiger partial charge is 0.408 e. The largest absolute Gasteiger partial charge is 0.444 e. The van der Waals surface area contributed by atoms with E-state index >= 15 is 0 Å². The number of nitrogens with one attached hydrogen (secondary N) is 2. The predicted octanol–water partition coefficient (Wildman–Crippen LogP) is 5.17. The van der Waals surface area contributed by atoms with Crippen LogP contribution in [-0.4, -0.2) is 58.0 Å². The Labute approximate surface area is 215 Å². The third-order valence-electron chi connectivity index (χ3n) is 4.90. The highest BCUT2D eigenvalue weighted by molar-refractivity contribution is 7.98. The van der Waals surface area contributed by atoms with Crippen molar-refractivity contribution in [3.63, 3.8) is 0 Å². The summed E-state index contributed by atoms with van der Waals surface area (Å²) in [6.07, 6.45) is 3.39. The fourth-order valence-electron chi connectivity index (χ4n) is 3.54. The highest BCUT2D eigenvalue weighted by Crippen LogP contribution is 2.27. The van der Waals surface area contributed by atoms with Crippen LogP contribution < -0.4 is 10.6 Å². The van der Waals surface area contributed by atoms with Crippen LogP contribution in [-0.2, 0) is 14.3 Å². The summed E-state index contributed by atoms with van der Waals surface area (Å²) in [7, 11) is 0. The van der Waals surface area contributed by atoms with Gasteiger partial charge in [-0.25, -0.2) is 4.79 Å². The van der Waals surface area contributed by atoms with E-state index in [0.717, 1.165) is 5.56 Å². The van der Waals surface area contributed by atoms with Gasteiger partial charge in [-0.15, -0.1) is 0 Å². The number of alkyl carbamates (subject to hydrolysis) is 1. The molecule has 0 bridgehead atoms. The SMILES string of the molecule is C=Cc1cccc(C(C(=O)NC(C)(C)C)N(C(=O)C(CCSC)NC(=O)OC(C)(C)C)C(C)C)c1. The van der Waals surface area contributed by atoms with E-state index in [4.69, 9.17) is 4.74 Å². The van der Waals surface area contributed by atoms with Crippen molar-refractivity contribution in [2.45, 2.75) is 91.1 Å². The first-order valence-electron chi connectivity index (χ1n) is 11.9. The van der Waals surface area contributed by atoms with Crippen LogP contribution in [0, 0.1) is 0 Å². The molecular formula is C27H43N3O4S. The first-order chi connectivity index (χ1) is 16.1. The normalized spacial score (nSPS) is 13.5. The second kappa shape index (κ2) is 13.0. The van der Waals surface area contributed by atoms with E-state index in [-0.39, 0.29) is 17.9 Å². The van der Waals surface area contributed by atoms with Gasteiger partial charge in [0.2, 0.25) is 11.8 Å². The van der Waals surface area contributed by atoms with Crippen molar-refractivity contribution < 1.29 is 19.1 Å². The number of nitrogens with zero attached hydrogens (tertiary/aromatic N) is 1. The van der Waals surface area contributed by atoms with E-state index in [1.165, 1.54) is 0 Å². The molecule has 1 aromatic carbocycles. The number of carbonyl (C=O) groups is 3. The Morgan fingerprint density at radius 1 is 1.14 bits per heavy atom. The van der Waals surface area contributed by atoms with Gasteiger partial charge in [0.1, 0.15) is 17.7 Å². The summed E-state index contributed by atoms with van der Waals surface area (Å²) >= 11 is 1.58. The van der Waals surface area contributed by atoms with Crippen LogP contribution in [0.5, 0.6) is 0 Å². The van der Waals surface area contributed by atoms with Gasteiger partial charge >= 0.3 is 6.09 Å². The molecule has 196 valence electrons. The zero-order chi connectivity index (χ0) is 27.0. The number of rotatable bonds is 10. The van der Waals surface area contributed by atoms with Gasteiger partial charge in [0.05, 0.1) is 0 Å². The van der Waals surface area contributed by atoms with Crippen molar-refractivity contribution in [2.24, 2.45) is 0 Å². The summed E-state index contributed by atoms with van der Waals surface area (Å²) in [6.45, 7) is 18.6. The lowest BCUT2D eigenvalue weighted by Crippen LogP contribution is -2.56. The topological polar surface area (TPSA) is 87.7 Å². The van der Waals surface area contributed by atoms with Crippen LogP contribution in [0.1, 0.15) is 79.0 Å². The van der Waals surface area contributed by atoms with Crippen molar-refractivity contribution >= 4 is 35.7 Å². The number of hydrogen-bond acceptors (Lipinski definition) is 5. The molecule has 1 aromatic rings. The van der Waals surface area contributed by atoms with Gasteiger partial charge in [-0.3, -0.25) is 9.59 Å². The zero-order valence-corrected chi connectivity index (χ0v) is 23.5. The van der Waals surface area contributed by atoms with Crippen LogP contribution in [0.4, 0.5) is 4.79 Å². The van der Waals surface area contributed by atoms with Gasteiger partial charge in [0.15, 0.2) is 0 Å². The monoisotopic (exact) mass is 505 g/mol. The molecule has 2 unspecified atom stereocenters. The molecular weight excluding hydrogens is 462 g/mol. The van der Waals surface area contributed by atoms with Crippen LogP contribution in [0.2, 0.25) is 0 Å². The molecule has 0 radical (unpaired) electrons. The molecule has 3 amide bonds. The van der Waals surface area contributed by atoms with E-state index < -0.39 is 29.3 Å². The Hall–Kier alpha value is -2.48. The second-order valence-electron chi connectivity index (χ2n) is 10.8. The van der Waals surface area contributed by atoms with Crippen LogP contribution >= 0.6 is 11.8 Å². The molecule has 0 aliphatic heterocycles. The van der Waals surface area contributed by atoms with Crippen LogP contribution in [0.3, 0.4) is 0 Å². The number of ether oxygens (including phenoxy) is 1. The third-order valence-corrected chi connectivity index (χ3v) is 5.54. The summed E-state index contributed by atoms with van der Waals surface area (Å²) in [4.78, 5) is 41.7. The molecule has 2 atom stereocenters. The number of amides is 3. The average Bonchev–Trinajstić information content (AvgIpc) is 2.71. The first kappa shape index (κ1) is 30.6. The quantitative estimate of drug-likeness (QED) is 0.458. The lowest BCUT2D eigenvalue weighted by atomic mass is 9.97. The number of hydrogen-bond donors (Lipinski definition) is 2. The predicted molar refractivity (Wildman–Crippen MR) is 145 cm³/mol. The number of carbonyl (C=O) groups excluding carboxylic acids is 3. The van der Waals surface area contributed by atoms with Crippen LogP contribution in [0.15, 0.2) is 30.8 Å². The maximum atomic E-state index is 14.0. The maximum absolute atomic E-state index is 14.0. The molecule has 0 heterocycles. The molecule has 0 aliphatic carbocycles. The van der Waals surface area contributed by atoms with Crippen LogP contribution in [0.25, 0.3) is 6.08 Å². The Bertz CT molecular complexity index is 887. The molecule has 7 nitrogen and oxygen atoms in total. The fourth-order valence-corrected chi connectivity index (χ4v) is 4.01. The third kappa shape index (κ3) is 10.3. The lowest BCUT2D eigenvalue weighted by molar-refractivity contribution is -0.145. The maximum Gasteiger partial charge on any atom is 0.408 e. The average molecular weight is 506 g/mol. The van der Waals surface area contributed by atoms with Gasteiger partial charge in [-0.1, -0.05) is 30.9 Å². The fraction of sp³-hybridized carbons (Fsp3) is 0.593. The Morgan fingerprint density at radius 3 is 2.26 bits per heavy atom. The molecule has 0 aromatic heterocycles. The molecule has 0 spiro atoms. The summed E-state index contributed by atoms with van der Waals surface area (Å²) in [5.74, 6) is 0.0303. The zero-order valence-electron chi connectivity index (χ0n) is 22.7. The molecule has 0 saturated carbocycles. The molecule has 0 saturated heterocycles. The van der Waals surface area contributed by atoms with Crippen molar-refractivity contribution in [3.05, 3.63) is 42.0 Å². The Balaban J connectivity index is 3.51. The van der Waals surface area contributed by atoms with E-state index in [9.17, 15) is 14.4 Å². The van der Waals surface area contributed by atoms with E-state index in [1.54, 1.807) is 43.5 Å². The minimum Gasteiger partial charge on any atom is -0.444 e. The van der Waals surface area contributed by atoms with E-state index in [2.05, 4.69) is 17.2 Å². The van der Waals surface area contributed by atoms with Gasteiger partial charge in [-0.2, -0.15) is 11.8 Å². The standard InChI is InChI=1S/C27H43N3O4S/c1-11-19-13-12-14-20(17-19)22(23(31)29-26(4,5)6)30(18(2)3)24(32)21(15-16-35-10)28-25(33)34-27(7,8)9/h11-14,17-18,21-22H,1,15-16H2,2-10H3,(H,28,33)(H,29,31). The van der Waals surface area contributed by atoms with Gasteiger partial charge in [0, 0.05) is 11.6 Å². The second-order valence-corrected chi connectivity index (χ2v) is 11.8. The Kier molecular flexibility index (Phi) is 11.3. The Morgan fingerprint density at radius 2 is 1.77 bits per heavy atom.